The number of halogens is 1. The summed E-state index contributed by atoms with van der Waals surface area (Å²) in [6, 6.07) is 7.49. The van der Waals surface area contributed by atoms with Crippen LogP contribution in [0.1, 0.15) is 21.6 Å². The molecule has 1 aliphatic rings. The van der Waals surface area contributed by atoms with Crippen LogP contribution in [0.3, 0.4) is 0 Å². The van der Waals surface area contributed by atoms with Crippen LogP contribution >= 0.6 is 11.6 Å². The van der Waals surface area contributed by atoms with E-state index in [1.54, 1.807) is 18.1 Å². The first-order chi connectivity index (χ1) is 9.67. The maximum absolute atomic E-state index is 12.3. The van der Waals surface area contributed by atoms with Gasteiger partial charge in [-0.25, -0.2) is 9.97 Å². The van der Waals surface area contributed by atoms with Crippen molar-refractivity contribution in [3.05, 3.63) is 52.3 Å². The molecule has 0 saturated carbocycles. The number of nitrogens with zero attached hydrogens (tertiary/aromatic N) is 3. The van der Waals surface area contributed by atoms with Gasteiger partial charge >= 0.3 is 0 Å². The molecule has 0 fully saturated rings. The largest absolute Gasteiger partial charge is 0.357 e. The number of hydrogen-bond acceptors (Lipinski definition) is 4. The Balaban J connectivity index is 1.81. The number of carbonyl (C=O) groups excluding carboxylic acids is 1. The number of carbonyl (C=O) groups is 1. The van der Waals surface area contributed by atoms with Crippen molar-refractivity contribution in [3.63, 3.8) is 0 Å². The summed E-state index contributed by atoms with van der Waals surface area (Å²) >= 11 is 5.86. The standard InChI is InChI=1S/C14H13ClN4O/c1-16-14-17-6-11-12(18-14)8-19(13(11)20)7-9-2-4-10(15)5-3-9/h2-6H,7-8H2,1H3,(H,16,17,18). The van der Waals surface area contributed by atoms with Gasteiger partial charge < -0.3 is 10.2 Å². The lowest BCUT2D eigenvalue weighted by Crippen LogP contribution is -2.23. The third kappa shape index (κ3) is 2.32. The second kappa shape index (κ2) is 5.09. The average molecular weight is 289 g/mol. The molecule has 0 unspecified atom stereocenters. The van der Waals surface area contributed by atoms with Crippen LogP contribution in [0.4, 0.5) is 5.95 Å². The monoisotopic (exact) mass is 288 g/mol. The van der Waals surface area contributed by atoms with E-state index in [-0.39, 0.29) is 5.91 Å². The Bertz CT molecular complexity index is 657. The number of nitrogens with one attached hydrogen (secondary N) is 1. The van der Waals surface area contributed by atoms with Crippen LogP contribution in [0.2, 0.25) is 5.02 Å². The highest BCUT2D eigenvalue weighted by molar-refractivity contribution is 6.30. The lowest BCUT2D eigenvalue weighted by Gasteiger charge is -2.15. The quantitative estimate of drug-likeness (QED) is 0.942. The molecule has 2 heterocycles. The summed E-state index contributed by atoms with van der Waals surface area (Å²) in [5.41, 5.74) is 2.39. The number of anilines is 1. The smallest absolute Gasteiger partial charge is 0.258 e. The van der Waals surface area contributed by atoms with Crippen LogP contribution < -0.4 is 5.32 Å². The zero-order valence-electron chi connectivity index (χ0n) is 10.9. The molecule has 0 aliphatic carbocycles. The van der Waals surface area contributed by atoms with Crippen molar-refractivity contribution in [1.82, 2.24) is 14.9 Å². The van der Waals surface area contributed by atoms with Gasteiger partial charge in [0.25, 0.3) is 5.91 Å². The van der Waals surface area contributed by atoms with Crippen molar-refractivity contribution in [3.8, 4) is 0 Å². The van der Waals surface area contributed by atoms with Crippen LogP contribution in [0, 0.1) is 0 Å². The molecule has 102 valence electrons. The van der Waals surface area contributed by atoms with E-state index in [1.807, 2.05) is 24.3 Å². The molecule has 2 aromatic rings. The Labute approximate surface area is 121 Å². The van der Waals surface area contributed by atoms with E-state index < -0.39 is 0 Å². The number of amides is 1. The van der Waals surface area contributed by atoms with E-state index in [2.05, 4.69) is 15.3 Å². The highest BCUT2D eigenvalue weighted by Gasteiger charge is 2.29. The van der Waals surface area contributed by atoms with E-state index in [0.717, 1.165) is 11.3 Å². The predicted molar refractivity (Wildman–Crippen MR) is 76.6 cm³/mol. The van der Waals surface area contributed by atoms with Crippen LogP contribution in [-0.4, -0.2) is 27.8 Å². The normalized spacial score (nSPS) is 13.5. The molecular weight excluding hydrogens is 276 g/mol. The fraction of sp³-hybridized carbons (Fsp3) is 0.214. The highest BCUT2D eigenvalue weighted by Crippen LogP contribution is 2.23. The minimum Gasteiger partial charge on any atom is -0.357 e. The van der Waals surface area contributed by atoms with E-state index in [4.69, 9.17) is 11.6 Å². The van der Waals surface area contributed by atoms with Crippen molar-refractivity contribution in [1.29, 1.82) is 0 Å². The van der Waals surface area contributed by atoms with E-state index in [1.165, 1.54) is 0 Å². The molecule has 0 spiro atoms. The third-order valence-corrected chi connectivity index (χ3v) is 3.49. The van der Waals surface area contributed by atoms with Crippen molar-refractivity contribution in [2.24, 2.45) is 0 Å². The fourth-order valence-electron chi connectivity index (χ4n) is 2.20. The Hall–Kier alpha value is -2.14. The lowest BCUT2D eigenvalue weighted by molar-refractivity contribution is 0.0766. The third-order valence-electron chi connectivity index (χ3n) is 3.24. The van der Waals surface area contributed by atoms with Crippen molar-refractivity contribution in [2.75, 3.05) is 12.4 Å². The lowest BCUT2D eigenvalue weighted by atomic mass is 10.2. The molecule has 0 atom stereocenters. The van der Waals surface area contributed by atoms with Crippen LogP contribution in [0.15, 0.2) is 30.5 Å². The second-order valence-electron chi connectivity index (χ2n) is 4.59. The maximum Gasteiger partial charge on any atom is 0.258 e. The number of fused-ring (bicyclic) bond motifs is 1. The summed E-state index contributed by atoms with van der Waals surface area (Å²) in [4.78, 5) is 22.4. The topological polar surface area (TPSA) is 58.1 Å². The number of benzene rings is 1. The predicted octanol–water partition coefficient (Wildman–Crippen LogP) is 2.33. The summed E-state index contributed by atoms with van der Waals surface area (Å²) < 4.78 is 0. The van der Waals surface area contributed by atoms with Gasteiger partial charge in [-0.2, -0.15) is 0 Å². The maximum atomic E-state index is 12.3. The molecule has 6 heteroatoms. The van der Waals surface area contributed by atoms with Crippen molar-refractivity contribution in [2.45, 2.75) is 13.1 Å². The van der Waals surface area contributed by atoms with Gasteiger partial charge in [-0.05, 0) is 17.7 Å². The Morgan fingerprint density at radius 1 is 1.35 bits per heavy atom. The highest BCUT2D eigenvalue weighted by atomic mass is 35.5. The molecule has 1 aromatic carbocycles. The Kier molecular flexibility index (Phi) is 3.28. The summed E-state index contributed by atoms with van der Waals surface area (Å²) in [5.74, 6) is 0.502. The second-order valence-corrected chi connectivity index (χ2v) is 5.03. The van der Waals surface area contributed by atoms with Crippen LogP contribution in [-0.2, 0) is 13.1 Å². The van der Waals surface area contributed by atoms with E-state index in [9.17, 15) is 4.79 Å². The zero-order valence-corrected chi connectivity index (χ0v) is 11.7. The first kappa shape index (κ1) is 12.9. The zero-order chi connectivity index (χ0) is 14.1. The summed E-state index contributed by atoms with van der Waals surface area (Å²) in [6.45, 7) is 1.05. The van der Waals surface area contributed by atoms with Gasteiger partial charge in [0.05, 0.1) is 17.8 Å². The van der Waals surface area contributed by atoms with Gasteiger partial charge in [0.2, 0.25) is 5.95 Å². The summed E-state index contributed by atoms with van der Waals surface area (Å²) in [6.07, 6.45) is 1.58. The first-order valence-corrected chi connectivity index (χ1v) is 6.62. The SMILES string of the molecule is CNc1ncc2c(n1)CN(Cc1ccc(Cl)cc1)C2=O. The Morgan fingerprint density at radius 3 is 2.80 bits per heavy atom. The van der Waals surface area contributed by atoms with Gasteiger partial charge in [0.1, 0.15) is 0 Å². The fourth-order valence-corrected chi connectivity index (χ4v) is 2.32. The number of rotatable bonds is 3. The summed E-state index contributed by atoms with van der Waals surface area (Å²) in [5, 5.41) is 3.56. The summed E-state index contributed by atoms with van der Waals surface area (Å²) in [7, 11) is 1.75. The average Bonchev–Trinajstić information content (AvgIpc) is 2.77. The Morgan fingerprint density at radius 2 is 2.10 bits per heavy atom. The molecule has 1 amide bonds. The van der Waals surface area contributed by atoms with Gasteiger partial charge in [0, 0.05) is 24.8 Å². The molecular formula is C14H13ClN4O. The van der Waals surface area contributed by atoms with E-state index in [0.29, 0.717) is 29.6 Å². The van der Waals surface area contributed by atoms with Crippen LogP contribution in [0.25, 0.3) is 0 Å². The van der Waals surface area contributed by atoms with Crippen molar-refractivity contribution < 1.29 is 4.79 Å². The minimum absolute atomic E-state index is 0.0300. The molecule has 0 radical (unpaired) electrons. The van der Waals surface area contributed by atoms with Gasteiger partial charge in [0.15, 0.2) is 0 Å². The molecule has 1 aromatic heterocycles. The van der Waals surface area contributed by atoms with Gasteiger partial charge in [-0.15, -0.1) is 0 Å². The van der Waals surface area contributed by atoms with Crippen molar-refractivity contribution >= 4 is 23.5 Å². The molecule has 5 nitrogen and oxygen atoms in total. The minimum atomic E-state index is -0.0300. The first-order valence-electron chi connectivity index (χ1n) is 6.25. The molecule has 0 bridgehead atoms. The number of aromatic nitrogens is 2. The molecule has 20 heavy (non-hydrogen) atoms. The van der Waals surface area contributed by atoms with Crippen LogP contribution in [0.5, 0.6) is 0 Å². The number of hydrogen-bond donors (Lipinski definition) is 1. The molecule has 1 aliphatic heterocycles. The molecule has 0 saturated heterocycles. The van der Waals surface area contributed by atoms with Gasteiger partial charge in [-0.1, -0.05) is 23.7 Å². The molecule has 1 N–H and O–H groups in total. The van der Waals surface area contributed by atoms with Gasteiger partial charge in [-0.3, -0.25) is 4.79 Å². The van der Waals surface area contributed by atoms with E-state index >= 15 is 0 Å². The molecule has 3 rings (SSSR count).